The number of hydrazine groups is 1. The summed E-state index contributed by atoms with van der Waals surface area (Å²) in [7, 11) is 0. The van der Waals surface area contributed by atoms with Crippen LogP contribution in [0.2, 0.25) is 0 Å². The Kier molecular flexibility index (Phi) is 8.94. The second kappa shape index (κ2) is 12.3. The number of rotatable bonds is 8. The largest absolute Gasteiger partial charge is 0.478 e. The van der Waals surface area contributed by atoms with Crippen LogP contribution in [0.1, 0.15) is 47.8 Å². The number of carbonyl (C=O) groups is 5. The van der Waals surface area contributed by atoms with Crippen molar-refractivity contribution in [2.24, 2.45) is 0 Å². The predicted molar refractivity (Wildman–Crippen MR) is 135 cm³/mol. The maximum atomic E-state index is 13.0. The number of hydrogen-bond donors (Lipinski definition) is 3. The minimum Gasteiger partial charge on any atom is -0.478 e. The van der Waals surface area contributed by atoms with Crippen molar-refractivity contribution in [2.75, 3.05) is 0 Å². The van der Waals surface area contributed by atoms with Gasteiger partial charge in [-0.1, -0.05) is 53.1 Å². The highest BCUT2D eigenvalue weighted by Gasteiger charge is 2.41. The Hall–Kier alpha value is -4.99. The van der Waals surface area contributed by atoms with Crippen LogP contribution in [0.5, 0.6) is 0 Å². The lowest BCUT2D eigenvalue weighted by Gasteiger charge is -2.23. The summed E-state index contributed by atoms with van der Waals surface area (Å²) in [6.45, 7) is 5.43. The van der Waals surface area contributed by atoms with Gasteiger partial charge in [-0.3, -0.25) is 20.4 Å². The van der Waals surface area contributed by atoms with Gasteiger partial charge in [-0.05, 0) is 57.2 Å². The fraction of sp³-hybridized carbons (Fsp3) is 0.179. The van der Waals surface area contributed by atoms with Crippen LogP contribution >= 0.6 is 0 Å². The van der Waals surface area contributed by atoms with E-state index in [2.05, 4.69) is 5.43 Å². The molecule has 10 nitrogen and oxygen atoms in total. The van der Waals surface area contributed by atoms with Crippen molar-refractivity contribution in [3.05, 3.63) is 106 Å². The van der Waals surface area contributed by atoms with E-state index in [-0.39, 0.29) is 16.7 Å². The summed E-state index contributed by atoms with van der Waals surface area (Å²) < 4.78 is 10.3. The standard InChI is InChI=1S/C28H26N2O8/c1-16-4-10-19(11-5-16)24(31)29-30-25(32)22(37-27(35)20-12-6-17(2)7-13-20)23(26(33)34)38-28(36)21-14-8-18(3)9-15-21/h4-15,22-23H,1-3H3,(H,29,31)(H,30,32)(H,33,34)/t22-,23+/m0/s1. The van der Waals surface area contributed by atoms with Gasteiger partial charge in [0.05, 0.1) is 11.1 Å². The summed E-state index contributed by atoms with van der Waals surface area (Å²) in [6.07, 6.45) is -4.37. The Morgan fingerprint density at radius 2 is 0.947 bits per heavy atom. The third kappa shape index (κ3) is 7.26. The third-order valence-electron chi connectivity index (χ3n) is 5.43. The summed E-state index contributed by atoms with van der Waals surface area (Å²) in [5, 5.41) is 9.80. The van der Waals surface area contributed by atoms with Gasteiger partial charge in [0.2, 0.25) is 12.2 Å². The van der Waals surface area contributed by atoms with E-state index in [1.54, 1.807) is 50.2 Å². The van der Waals surface area contributed by atoms with Crippen molar-refractivity contribution in [1.82, 2.24) is 10.9 Å². The normalized spacial score (nSPS) is 12.0. The minimum absolute atomic E-state index is 0.0264. The second-order valence-electron chi connectivity index (χ2n) is 8.53. The van der Waals surface area contributed by atoms with Crippen LogP contribution in [0.15, 0.2) is 72.8 Å². The van der Waals surface area contributed by atoms with Gasteiger partial charge in [0, 0.05) is 5.56 Å². The maximum absolute atomic E-state index is 13.0. The van der Waals surface area contributed by atoms with Crippen LogP contribution < -0.4 is 10.9 Å². The van der Waals surface area contributed by atoms with Crippen LogP contribution in [0, 0.1) is 20.8 Å². The minimum atomic E-state index is -2.23. The zero-order valence-corrected chi connectivity index (χ0v) is 20.9. The Balaban J connectivity index is 1.84. The molecule has 0 unspecified atom stereocenters. The molecule has 0 heterocycles. The molecule has 196 valence electrons. The molecule has 0 aromatic heterocycles. The van der Waals surface area contributed by atoms with E-state index >= 15 is 0 Å². The van der Waals surface area contributed by atoms with E-state index in [0.29, 0.717) is 0 Å². The van der Waals surface area contributed by atoms with E-state index < -0.39 is 41.9 Å². The molecule has 0 aliphatic carbocycles. The first-order chi connectivity index (χ1) is 18.0. The third-order valence-corrected chi connectivity index (χ3v) is 5.43. The molecule has 0 aliphatic heterocycles. The predicted octanol–water partition coefficient (Wildman–Crippen LogP) is 2.91. The topological polar surface area (TPSA) is 148 Å². The molecule has 2 atom stereocenters. The van der Waals surface area contributed by atoms with E-state index in [9.17, 15) is 29.1 Å². The van der Waals surface area contributed by atoms with Gasteiger partial charge < -0.3 is 14.6 Å². The van der Waals surface area contributed by atoms with Crippen molar-refractivity contribution >= 4 is 29.7 Å². The number of amides is 2. The number of hydrogen-bond acceptors (Lipinski definition) is 7. The zero-order chi connectivity index (χ0) is 27.8. The molecule has 0 aliphatic rings. The van der Waals surface area contributed by atoms with Gasteiger partial charge in [-0.15, -0.1) is 0 Å². The van der Waals surface area contributed by atoms with Gasteiger partial charge in [-0.2, -0.15) is 0 Å². The number of aryl methyl sites for hydroxylation is 3. The first-order valence-electron chi connectivity index (χ1n) is 11.5. The molecule has 0 saturated carbocycles. The number of benzene rings is 3. The first kappa shape index (κ1) is 27.6. The molecule has 0 saturated heterocycles. The SMILES string of the molecule is Cc1ccc(C(=O)NNC(=O)[C@@H](OC(=O)c2ccc(C)cc2)[C@@H](OC(=O)c2ccc(C)cc2)C(=O)O)cc1. The zero-order valence-electron chi connectivity index (χ0n) is 20.9. The van der Waals surface area contributed by atoms with Gasteiger partial charge in [-0.25, -0.2) is 14.4 Å². The van der Waals surface area contributed by atoms with E-state index in [0.717, 1.165) is 16.7 Å². The number of carboxylic acids is 1. The van der Waals surface area contributed by atoms with Gasteiger partial charge in [0.15, 0.2) is 0 Å². The van der Waals surface area contributed by atoms with Gasteiger partial charge in [0.25, 0.3) is 11.8 Å². The Morgan fingerprint density at radius 1 is 0.579 bits per heavy atom. The van der Waals surface area contributed by atoms with Crippen LogP contribution in [-0.2, 0) is 19.1 Å². The summed E-state index contributed by atoms with van der Waals surface area (Å²) in [5.41, 5.74) is 7.07. The molecule has 3 aromatic carbocycles. The van der Waals surface area contributed by atoms with Gasteiger partial charge in [0.1, 0.15) is 0 Å². The van der Waals surface area contributed by atoms with E-state index in [4.69, 9.17) is 9.47 Å². The molecule has 3 aromatic rings. The molecule has 10 heteroatoms. The van der Waals surface area contributed by atoms with E-state index in [1.165, 1.54) is 36.4 Å². The molecule has 0 fully saturated rings. The molecular formula is C28H26N2O8. The summed E-state index contributed by atoms with van der Waals surface area (Å²) >= 11 is 0. The second-order valence-corrected chi connectivity index (χ2v) is 8.53. The quantitative estimate of drug-likeness (QED) is 0.305. The average Bonchev–Trinajstić information content (AvgIpc) is 2.89. The first-order valence-corrected chi connectivity index (χ1v) is 11.5. The Labute approximate surface area is 218 Å². The average molecular weight is 519 g/mol. The van der Waals surface area contributed by atoms with Crippen LogP contribution in [0.3, 0.4) is 0 Å². The van der Waals surface area contributed by atoms with Crippen molar-refractivity contribution in [3.8, 4) is 0 Å². The number of carboxylic acid groups (broad SMARTS) is 1. The van der Waals surface area contributed by atoms with Crippen LogP contribution in [-0.4, -0.2) is 47.0 Å². The molecule has 0 bridgehead atoms. The van der Waals surface area contributed by atoms with Gasteiger partial charge >= 0.3 is 17.9 Å². The summed E-state index contributed by atoms with van der Waals surface area (Å²) in [6, 6.07) is 18.6. The lowest BCUT2D eigenvalue weighted by atomic mass is 10.1. The number of carbonyl (C=O) groups excluding carboxylic acids is 4. The highest BCUT2D eigenvalue weighted by molar-refractivity contribution is 5.99. The molecule has 0 radical (unpaired) electrons. The number of aliphatic carboxylic acids is 1. The van der Waals surface area contributed by atoms with Crippen molar-refractivity contribution < 1.29 is 38.6 Å². The fourth-order valence-electron chi connectivity index (χ4n) is 3.21. The molecule has 3 N–H and O–H groups in total. The number of esters is 2. The number of nitrogens with one attached hydrogen (secondary N) is 2. The monoisotopic (exact) mass is 518 g/mol. The van der Waals surface area contributed by atoms with Crippen LogP contribution in [0.4, 0.5) is 0 Å². The highest BCUT2D eigenvalue weighted by atomic mass is 16.6. The molecule has 38 heavy (non-hydrogen) atoms. The lowest BCUT2D eigenvalue weighted by molar-refractivity contribution is -0.159. The fourth-order valence-corrected chi connectivity index (χ4v) is 3.21. The molecule has 3 rings (SSSR count). The number of ether oxygens (including phenoxy) is 2. The smallest absolute Gasteiger partial charge is 0.349 e. The summed E-state index contributed by atoms with van der Waals surface area (Å²) in [4.78, 5) is 62.9. The highest BCUT2D eigenvalue weighted by Crippen LogP contribution is 2.14. The van der Waals surface area contributed by atoms with E-state index in [1.807, 2.05) is 12.3 Å². The van der Waals surface area contributed by atoms with Crippen LogP contribution in [0.25, 0.3) is 0 Å². The van der Waals surface area contributed by atoms with Crippen molar-refractivity contribution in [3.63, 3.8) is 0 Å². The van der Waals surface area contributed by atoms with Crippen molar-refractivity contribution in [2.45, 2.75) is 33.0 Å². The molecule has 0 spiro atoms. The maximum Gasteiger partial charge on any atom is 0.349 e. The summed E-state index contributed by atoms with van der Waals surface area (Å²) in [5.74, 6) is -5.76. The molecular weight excluding hydrogens is 492 g/mol. The lowest BCUT2D eigenvalue weighted by Crippen LogP contribution is -2.54. The Morgan fingerprint density at radius 3 is 1.34 bits per heavy atom. The molecule has 2 amide bonds. The van der Waals surface area contributed by atoms with Crippen molar-refractivity contribution in [1.29, 1.82) is 0 Å². The Bertz CT molecular complexity index is 1330.